The molecule has 0 aliphatic heterocycles. The highest BCUT2D eigenvalue weighted by Gasteiger charge is 2.08. The number of rotatable bonds is 3. The summed E-state index contributed by atoms with van der Waals surface area (Å²) in [7, 11) is 0. The summed E-state index contributed by atoms with van der Waals surface area (Å²) in [4.78, 5) is 0. The molecule has 0 aromatic heterocycles. The van der Waals surface area contributed by atoms with E-state index in [9.17, 15) is 4.39 Å². The average Bonchev–Trinajstić information content (AvgIpc) is 2.74. The second kappa shape index (κ2) is 7.05. The Balaban J connectivity index is 1.68. The van der Waals surface area contributed by atoms with Gasteiger partial charge in [-0.1, -0.05) is 73.7 Å². The van der Waals surface area contributed by atoms with Crippen molar-refractivity contribution in [2.24, 2.45) is 0 Å². The quantitative estimate of drug-likeness (QED) is 0.400. The highest BCUT2D eigenvalue weighted by Crippen LogP contribution is 2.29. The lowest BCUT2D eigenvalue weighted by Crippen LogP contribution is -1.87. The Morgan fingerprint density at radius 2 is 1.30 bits per heavy atom. The molecule has 1 nitrogen and oxygen atoms in total. The predicted molar refractivity (Wildman–Crippen MR) is 109 cm³/mol. The number of hydrogen-bond acceptors (Lipinski definition) is 1. The molecule has 0 amide bonds. The fourth-order valence-electron chi connectivity index (χ4n) is 3.35. The van der Waals surface area contributed by atoms with Crippen LogP contribution < -0.4 is 0 Å². The largest absolute Gasteiger partial charge is 0.205 e. The van der Waals surface area contributed by atoms with E-state index in [1.165, 1.54) is 22.8 Å². The number of nitriles is 1. The SMILES string of the molecule is CCc1ccc(-c2ccc(-c3ccc4c(F)c(C#N)ccc4c3)cc2)cc1. The van der Waals surface area contributed by atoms with Gasteiger partial charge >= 0.3 is 0 Å². The van der Waals surface area contributed by atoms with E-state index in [0.29, 0.717) is 5.39 Å². The zero-order valence-electron chi connectivity index (χ0n) is 15.0. The summed E-state index contributed by atoms with van der Waals surface area (Å²) < 4.78 is 14.3. The molecule has 0 N–H and O–H groups in total. The first-order chi connectivity index (χ1) is 13.2. The molecular weight excluding hydrogens is 333 g/mol. The maximum absolute atomic E-state index is 14.3. The topological polar surface area (TPSA) is 23.8 Å². The molecular formula is C25H18FN. The summed E-state index contributed by atoms with van der Waals surface area (Å²) in [5.41, 5.74) is 5.89. The van der Waals surface area contributed by atoms with Gasteiger partial charge in [0.2, 0.25) is 0 Å². The summed E-state index contributed by atoms with van der Waals surface area (Å²) >= 11 is 0. The van der Waals surface area contributed by atoms with Crippen LogP contribution in [0.4, 0.5) is 4.39 Å². The molecule has 0 unspecified atom stereocenters. The Morgan fingerprint density at radius 1 is 0.741 bits per heavy atom. The van der Waals surface area contributed by atoms with Crippen LogP contribution in [0.5, 0.6) is 0 Å². The van der Waals surface area contributed by atoms with Gasteiger partial charge in [-0.3, -0.25) is 0 Å². The summed E-state index contributed by atoms with van der Waals surface area (Å²) in [5, 5.41) is 10.2. The lowest BCUT2D eigenvalue weighted by atomic mass is 9.97. The molecule has 4 aromatic carbocycles. The van der Waals surface area contributed by atoms with Gasteiger partial charge in [0, 0.05) is 5.39 Å². The third-order valence-corrected chi connectivity index (χ3v) is 4.99. The zero-order valence-corrected chi connectivity index (χ0v) is 15.0. The van der Waals surface area contributed by atoms with E-state index in [1.807, 2.05) is 18.2 Å². The first-order valence-corrected chi connectivity index (χ1v) is 9.01. The number of benzene rings is 4. The molecule has 0 atom stereocenters. The summed E-state index contributed by atoms with van der Waals surface area (Å²) in [6, 6.07) is 27.9. The van der Waals surface area contributed by atoms with E-state index in [4.69, 9.17) is 5.26 Å². The number of hydrogen-bond donors (Lipinski definition) is 0. The molecule has 130 valence electrons. The van der Waals surface area contributed by atoms with Gasteiger partial charge in [-0.25, -0.2) is 4.39 Å². The van der Waals surface area contributed by atoms with E-state index in [0.717, 1.165) is 22.9 Å². The average molecular weight is 351 g/mol. The van der Waals surface area contributed by atoms with Gasteiger partial charge in [0.05, 0.1) is 5.56 Å². The van der Waals surface area contributed by atoms with Crippen LogP contribution in [0.15, 0.2) is 78.9 Å². The van der Waals surface area contributed by atoms with E-state index in [2.05, 4.69) is 55.5 Å². The maximum atomic E-state index is 14.3. The van der Waals surface area contributed by atoms with Crippen molar-refractivity contribution in [1.29, 1.82) is 5.26 Å². The standard InChI is InChI=1S/C25H18FN/c1-2-17-3-5-18(6-4-17)19-7-9-20(10-8-19)21-13-14-24-22(15-21)11-12-23(16-27)25(24)26/h3-15H,2H2,1H3. The van der Waals surface area contributed by atoms with Crippen molar-refractivity contribution in [2.75, 3.05) is 0 Å². The Labute approximate surface area is 158 Å². The third-order valence-electron chi connectivity index (χ3n) is 4.99. The molecule has 0 saturated carbocycles. The van der Waals surface area contributed by atoms with E-state index in [1.54, 1.807) is 12.1 Å². The van der Waals surface area contributed by atoms with Gasteiger partial charge in [-0.05, 0) is 51.8 Å². The van der Waals surface area contributed by atoms with Gasteiger partial charge in [0.25, 0.3) is 0 Å². The van der Waals surface area contributed by atoms with Crippen molar-refractivity contribution >= 4 is 10.8 Å². The van der Waals surface area contributed by atoms with Crippen LogP contribution in [0.2, 0.25) is 0 Å². The molecule has 0 aliphatic carbocycles. The van der Waals surface area contributed by atoms with Gasteiger partial charge in [-0.15, -0.1) is 0 Å². The molecule has 27 heavy (non-hydrogen) atoms. The molecule has 0 saturated heterocycles. The highest BCUT2D eigenvalue weighted by atomic mass is 19.1. The van der Waals surface area contributed by atoms with Crippen LogP contribution in [-0.2, 0) is 6.42 Å². The lowest BCUT2D eigenvalue weighted by Gasteiger charge is -2.08. The Hall–Kier alpha value is -3.44. The normalized spacial score (nSPS) is 10.7. The molecule has 4 rings (SSSR count). The van der Waals surface area contributed by atoms with Crippen LogP contribution in [0, 0.1) is 17.1 Å². The number of nitrogens with zero attached hydrogens (tertiary/aromatic N) is 1. The van der Waals surface area contributed by atoms with Crippen LogP contribution >= 0.6 is 0 Å². The van der Waals surface area contributed by atoms with E-state index >= 15 is 0 Å². The van der Waals surface area contributed by atoms with E-state index in [-0.39, 0.29) is 5.56 Å². The second-order valence-corrected chi connectivity index (χ2v) is 6.60. The Morgan fingerprint density at radius 3 is 1.89 bits per heavy atom. The zero-order chi connectivity index (χ0) is 18.8. The molecule has 4 aromatic rings. The van der Waals surface area contributed by atoms with Crippen molar-refractivity contribution in [1.82, 2.24) is 0 Å². The first-order valence-electron chi connectivity index (χ1n) is 9.01. The minimum atomic E-state index is -0.451. The second-order valence-electron chi connectivity index (χ2n) is 6.60. The molecule has 2 heteroatoms. The molecule has 0 aliphatic rings. The van der Waals surface area contributed by atoms with Crippen molar-refractivity contribution in [2.45, 2.75) is 13.3 Å². The molecule has 0 heterocycles. The maximum Gasteiger partial charge on any atom is 0.148 e. The first kappa shape index (κ1) is 17.0. The third kappa shape index (κ3) is 3.20. The van der Waals surface area contributed by atoms with Crippen LogP contribution in [0.1, 0.15) is 18.1 Å². The minimum absolute atomic E-state index is 0.0775. The van der Waals surface area contributed by atoms with Crippen molar-refractivity contribution in [3.05, 3.63) is 95.8 Å². The fraction of sp³-hybridized carbons (Fsp3) is 0.0800. The van der Waals surface area contributed by atoms with Gasteiger partial charge in [0.1, 0.15) is 11.9 Å². The number of fused-ring (bicyclic) bond motifs is 1. The lowest BCUT2D eigenvalue weighted by molar-refractivity contribution is 0.636. The molecule has 0 spiro atoms. The summed E-state index contributed by atoms with van der Waals surface area (Å²) in [5.74, 6) is -0.451. The fourth-order valence-corrected chi connectivity index (χ4v) is 3.35. The smallest absolute Gasteiger partial charge is 0.148 e. The van der Waals surface area contributed by atoms with Gasteiger partial charge in [0.15, 0.2) is 0 Å². The Kier molecular flexibility index (Phi) is 4.44. The predicted octanol–water partition coefficient (Wildman–Crippen LogP) is 6.75. The van der Waals surface area contributed by atoms with Crippen molar-refractivity contribution < 1.29 is 4.39 Å². The molecule has 0 bridgehead atoms. The number of halogens is 1. The summed E-state index contributed by atoms with van der Waals surface area (Å²) in [6.45, 7) is 2.15. The molecule has 0 fully saturated rings. The van der Waals surface area contributed by atoms with Gasteiger partial charge in [-0.2, -0.15) is 5.26 Å². The van der Waals surface area contributed by atoms with Crippen molar-refractivity contribution in [3.63, 3.8) is 0 Å². The molecule has 0 radical (unpaired) electrons. The summed E-state index contributed by atoms with van der Waals surface area (Å²) in [6.07, 6.45) is 1.04. The minimum Gasteiger partial charge on any atom is -0.205 e. The van der Waals surface area contributed by atoms with Crippen molar-refractivity contribution in [3.8, 4) is 28.3 Å². The Bertz CT molecular complexity index is 1150. The highest BCUT2D eigenvalue weighted by molar-refractivity contribution is 5.89. The van der Waals surface area contributed by atoms with E-state index < -0.39 is 5.82 Å². The van der Waals surface area contributed by atoms with Gasteiger partial charge < -0.3 is 0 Å². The van der Waals surface area contributed by atoms with Crippen LogP contribution in [0.3, 0.4) is 0 Å². The van der Waals surface area contributed by atoms with Crippen LogP contribution in [0.25, 0.3) is 33.0 Å². The van der Waals surface area contributed by atoms with Crippen LogP contribution in [-0.4, -0.2) is 0 Å². The number of aryl methyl sites for hydroxylation is 1. The monoisotopic (exact) mass is 351 g/mol.